The van der Waals surface area contributed by atoms with E-state index in [1.165, 1.54) is 14.0 Å². The van der Waals surface area contributed by atoms with E-state index in [0.29, 0.717) is 0 Å². The van der Waals surface area contributed by atoms with Crippen molar-refractivity contribution in [2.24, 2.45) is 0 Å². The molecule has 5 nitrogen and oxygen atoms in total. The van der Waals surface area contributed by atoms with Gasteiger partial charge in [0.05, 0.1) is 7.11 Å². The van der Waals surface area contributed by atoms with Crippen molar-refractivity contribution in [3.05, 3.63) is 0 Å². The Morgan fingerprint density at radius 1 is 1.46 bits per heavy atom. The van der Waals surface area contributed by atoms with Gasteiger partial charge in [0.1, 0.15) is 6.04 Å². The molecule has 6 heteroatoms. The van der Waals surface area contributed by atoms with Gasteiger partial charge < -0.3 is 9.63 Å². The fraction of sp³-hybridized carbons (Fsp3) is 0.857. The van der Waals surface area contributed by atoms with Crippen LogP contribution in [0.2, 0.25) is 0 Å². The molecular weight excluding hydrogens is 193 g/mol. The van der Waals surface area contributed by atoms with Crippen molar-refractivity contribution in [2.75, 3.05) is 7.11 Å². The molecule has 2 atom stereocenters. The van der Waals surface area contributed by atoms with Gasteiger partial charge in [-0.15, -0.1) is 0 Å². The smallest absolute Gasteiger partial charge is 0.323 e. The molecule has 0 fully saturated rings. The summed E-state index contributed by atoms with van der Waals surface area (Å²) >= 11 is 0. The number of ether oxygens (including phenoxy) is 1. The molecule has 0 saturated heterocycles. The molecule has 0 radical (unpaired) electrons. The zero-order valence-corrected chi connectivity index (χ0v) is 9.17. The fourth-order valence-electron chi connectivity index (χ4n) is 0.656. The molecule has 0 spiro atoms. The number of hydrogen-bond donors (Lipinski definition) is 2. The molecule has 0 saturated carbocycles. The molecule has 0 aromatic heterocycles. The van der Waals surface area contributed by atoms with Crippen molar-refractivity contribution < 1.29 is 19.0 Å². The van der Waals surface area contributed by atoms with Crippen molar-refractivity contribution in [3.8, 4) is 0 Å². The first-order chi connectivity index (χ1) is 5.81. The van der Waals surface area contributed by atoms with Gasteiger partial charge in [-0.2, -0.15) is 0 Å². The Labute approximate surface area is 78.0 Å². The zero-order valence-electron chi connectivity index (χ0n) is 8.27. The molecule has 0 aromatic rings. The van der Waals surface area contributed by atoms with Gasteiger partial charge in [-0.1, -0.05) is 13.8 Å². The van der Waals surface area contributed by atoms with E-state index in [1.54, 1.807) is 13.8 Å². The maximum Gasteiger partial charge on any atom is 0.323 e. The normalized spacial score (nSPS) is 18.0. The maximum atomic E-state index is 11.4. The number of rotatable bonds is 4. The van der Waals surface area contributed by atoms with Gasteiger partial charge in [-0.25, -0.2) is 5.09 Å². The molecular formula is C7H16NO4P. The maximum absolute atomic E-state index is 11.4. The molecule has 0 amide bonds. The van der Waals surface area contributed by atoms with Crippen LogP contribution in [0.4, 0.5) is 0 Å². The Bertz CT molecular complexity index is 229. The SMILES string of the molecule is COC(=O)C(C)NP(=O)(O)C(C)C. The average molecular weight is 209 g/mol. The number of nitrogens with one attached hydrogen (secondary N) is 1. The van der Waals surface area contributed by atoms with Crippen LogP contribution in [-0.2, 0) is 14.1 Å². The van der Waals surface area contributed by atoms with E-state index in [2.05, 4.69) is 9.82 Å². The summed E-state index contributed by atoms with van der Waals surface area (Å²) in [7, 11) is -2.20. The van der Waals surface area contributed by atoms with E-state index < -0.39 is 25.2 Å². The van der Waals surface area contributed by atoms with Crippen LogP contribution < -0.4 is 5.09 Å². The van der Waals surface area contributed by atoms with Gasteiger partial charge in [-0.3, -0.25) is 9.36 Å². The molecule has 0 rings (SSSR count). The molecule has 13 heavy (non-hydrogen) atoms. The molecule has 0 aliphatic rings. The quantitative estimate of drug-likeness (QED) is 0.527. The summed E-state index contributed by atoms with van der Waals surface area (Å²) in [6, 6.07) is -0.761. The summed E-state index contributed by atoms with van der Waals surface area (Å²) in [6.07, 6.45) is 0. The first kappa shape index (κ1) is 12.6. The van der Waals surface area contributed by atoms with Crippen LogP contribution in [0.5, 0.6) is 0 Å². The predicted molar refractivity (Wildman–Crippen MR) is 49.6 cm³/mol. The predicted octanol–water partition coefficient (Wildman–Crippen LogP) is 0.731. The van der Waals surface area contributed by atoms with Crippen LogP contribution in [0, 0.1) is 0 Å². The molecule has 0 aliphatic heterocycles. The second-order valence-electron chi connectivity index (χ2n) is 3.09. The van der Waals surface area contributed by atoms with Crippen LogP contribution in [0.25, 0.3) is 0 Å². The first-order valence-corrected chi connectivity index (χ1v) is 5.72. The minimum atomic E-state index is -3.44. The van der Waals surface area contributed by atoms with Gasteiger partial charge in [0, 0.05) is 5.66 Å². The second kappa shape index (κ2) is 4.74. The van der Waals surface area contributed by atoms with Gasteiger partial charge in [0.25, 0.3) is 7.52 Å². The Morgan fingerprint density at radius 2 is 1.92 bits per heavy atom. The van der Waals surface area contributed by atoms with Crippen LogP contribution in [0.3, 0.4) is 0 Å². The third-order valence-electron chi connectivity index (χ3n) is 1.63. The Balaban J connectivity index is 4.28. The topological polar surface area (TPSA) is 75.6 Å². The molecule has 2 N–H and O–H groups in total. The fourth-order valence-corrected chi connectivity index (χ4v) is 1.61. The highest BCUT2D eigenvalue weighted by Gasteiger charge is 2.28. The lowest BCUT2D eigenvalue weighted by molar-refractivity contribution is -0.142. The van der Waals surface area contributed by atoms with Gasteiger partial charge >= 0.3 is 5.97 Å². The van der Waals surface area contributed by atoms with E-state index >= 15 is 0 Å². The van der Waals surface area contributed by atoms with Gasteiger partial charge in [0.15, 0.2) is 0 Å². The summed E-state index contributed by atoms with van der Waals surface area (Å²) in [5.74, 6) is -0.546. The molecule has 0 aliphatic carbocycles. The van der Waals surface area contributed by atoms with Crippen molar-refractivity contribution >= 4 is 13.5 Å². The van der Waals surface area contributed by atoms with Crippen molar-refractivity contribution in [2.45, 2.75) is 32.5 Å². The van der Waals surface area contributed by atoms with E-state index in [4.69, 9.17) is 0 Å². The van der Waals surface area contributed by atoms with Crippen molar-refractivity contribution in [1.29, 1.82) is 0 Å². The number of methoxy groups -OCH3 is 1. The molecule has 0 aromatic carbocycles. The highest BCUT2D eigenvalue weighted by molar-refractivity contribution is 7.56. The number of hydrogen-bond acceptors (Lipinski definition) is 3. The van der Waals surface area contributed by atoms with E-state index in [9.17, 15) is 14.3 Å². The molecule has 2 unspecified atom stereocenters. The van der Waals surface area contributed by atoms with Crippen molar-refractivity contribution in [1.82, 2.24) is 5.09 Å². The number of carbonyl (C=O) groups excluding carboxylic acids is 1. The average Bonchev–Trinajstić information content (AvgIpc) is 2.01. The van der Waals surface area contributed by atoms with E-state index in [1.807, 2.05) is 0 Å². The number of esters is 1. The van der Waals surface area contributed by atoms with E-state index in [0.717, 1.165) is 0 Å². The van der Waals surface area contributed by atoms with Crippen LogP contribution in [0.15, 0.2) is 0 Å². The first-order valence-electron chi connectivity index (χ1n) is 3.99. The lowest BCUT2D eigenvalue weighted by Gasteiger charge is -2.19. The number of carbonyl (C=O) groups is 1. The largest absolute Gasteiger partial charge is 0.468 e. The van der Waals surface area contributed by atoms with Gasteiger partial charge in [0.2, 0.25) is 0 Å². The zero-order chi connectivity index (χ0) is 10.6. The standard InChI is InChI=1S/C7H16NO4P/c1-5(2)13(10,11)8-6(3)7(9)12-4/h5-6H,1-4H3,(H2,8,10,11). The third kappa shape index (κ3) is 3.89. The summed E-state index contributed by atoms with van der Waals surface area (Å²) in [4.78, 5) is 20.2. The summed E-state index contributed by atoms with van der Waals surface area (Å²) in [5.41, 5.74) is -0.417. The molecule has 78 valence electrons. The summed E-state index contributed by atoms with van der Waals surface area (Å²) in [6.45, 7) is 4.70. The molecule has 0 bridgehead atoms. The Morgan fingerprint density at radius 3 is 2.23 bits per heavy atom. The van der Waals surface area contributed by atoms with Crippen LogP contribution >= 0.6 is 7.52 Å². The van der Waals surface area contributed by atoms with Crippen molar-refractivity contribution in [3.63, 3.8) is 0 Å². The lowest BCUT2D eigenvalue weighted by atomic mass is 10.4. The van der Waals surface area contributed by atoms with Crippen LogP contribution in [0.1, 0.15) is 20.8 Å². The third-order valence-corrected chi connectivity index (χ3v) is 3.79. The van der Waals surface area contributed by atoms with E-state index in [-0.39, 0.29) is 0 Å². The minimum Gasteiger partial charge on any atom is -0.468 e. The highest BCUT2D eigenvalue weighted by atomic mass is 31.2. The Kier molecular flexibility index (Phi) is 4.61. The second-order valence-corrected chi connectivity index (χ2v) is 5.63. The Hall–Kier alpha value is -0.380. The minimum absolute atomic E-state index is 0.417. The highest BCUT2D eigenvalue weighted by Crippen LogP contribution is 2.41. The lowest BCUT2D eigenvalue weighted by Crippen LogP contribution is -2.34. The van der Waals surface area contributed by atoms with Crippen LogP contribution in [-0.4, -0.2) is 29.7 Å². The van der Waals surface area contributed by atoms with Gasteiger partial charge in [-0.05, 0) is 6.92 Å². The molecule has 0 heterocycles. The summed E-state index contributed by atoms with van der Waals surface area (Å²) in [5, 5.41) is 2.34. The monoisotopic (exact) mass is 209 g/mol. The summed E-state index contributed by atoms with van der Waals surface area (Å²) < 4.78 is 15.8.